The number of anilines is 1. The Bertz CT molecular complexity index is 700. The molecule has 6 heteroatoms. The number of alkyl carbamates (subject to hydrolysis) is 1. The molecule has 0 radical (unpaired) electrons. The molecule has 1 fully saturated rings. The van der Waals surface area contributed by atoms with E-state index < -0.39 is 18.2 Å². The molecule has 2 amide bonds. The first-order valence-electron chi connectivity index (χ1n) is 7.14. The fourth-order valence-corrected chi connectivity index (χ4v) is 2.42. The summed E-state index contributed by atoms with van der Waals surface area (Å²) in [6.45, 7) is 0. The molecule has 0 aliphatic carbocycles. The lowest BCUT2D eigenvalue weighted by Gasteiger charge is -2.17. The first-order valence-corrected chi connectivity index (χ1v) is 7.14. The smallest absolute Gasteiger partial charge is 0.408 e. The van der Waals surface area contributed by atoms with Gasteiger partial charge in [0.25, 0.3) is 5.91 Å². The number of hydrogen-bond donors (Lipinski definition) is 2. The fraction of sp³-hybridized carbons (Fsp3) is 0.176. The van der Waals surface area contributed by atoms with Gasteiger partial charge in [-0.15, -0.1) is 0 Å². The summed E-state index contributed by atoms with van der Waals surface area (Å²) in [6.07, 6.45) is -1.25. The Kier molecular flexibility index (Phi) is 4.14. The van der Waals surface area contributed by atoms with Gasteiger partial charge in [-0.1, -0.05) is 30.3 Å². The summed E-state index contributed by atoms with van der Waals surface area (Å²) in [7, 11) is 1.57. The highest BCUT2D eigenvalue weighted by atomic mass is 16.6. The maximum Gasteiger partial charge on any atom is 0.408 e. The molecule has 3 rings (SSSR count). The quantitative estimate of drug-likeness (QED) is 0.909. The van der Waals surface area contributed by atoms with E-state index >= 15 is 0 Å². The molecule has 23 heavy (non-hydrogen) atoms. The van der Waals surface area contributed by atoms with E-state index in [1.807, 2.05) is 30.3 Å². The lowest BCUT2D eigenvalue weighted by atomic mass is 10.0. The van der Waals surface area contributed by atoms with Crippen molar-refractivity contribution >= 4 is 17.7 Å². The second-order valence-electron chi connectivity index (χ2n) is 5.08. The summed E-state index contributed by atoms with van der Waals surface area (Å²) in [5.74, 6) is 0.359. The van der Waals surface area contributed by atoms with Crippen molar-refractivity contribution in [3.8, 4) is 5.75 Å². The molecule has 1 heterocycles. The monoisotopic (exact) mass is 312 g/mol. The summed E-state index contributed by atoms with van der Waals surface area (Å²) in [6, 6.07) is 15.3. The number of cyclic esters (lactones) is 1. The molecular weight excluding hydrogens is 296 g/mol. The van der Waals surface area contributed by atoms with E-state index in [1.54, 1.807) is 31.4 Å². The van der Waals surface area contributed by atoms with Crippen LogP contribution in [0.15, 0.2) is 54.6 Å². The summed E-state index contributed by atoms with van der Waals surface area (Å²) in [5.41, 5.74) is 1.38. The standard InChI is InChI=1S/C17H16N2O4/c1-22-13-9-7-12(8-10-13)18-16(20)14-15(23-17(21)19-14)11-5-3-2-4-6-11/h2-10,14-15H,1H3,(H,18,20)(H,19,21). The van der Waals surface area contributed by atoms with E-state index in [1.165, 1.54) is 0 Å². The van der Waals surface area contributed by atoms with Crippen LogP contribution in [-0.2, 0) is 9.53 Å². The molecule has 6 nitrogen and oxygen atoms in total. The van der Waals surface area contributed by atoms with Crippen molar-refractivity contribution in [2.24, 2.45) is 0 Å². The number of benzene rings is 2. The van der Waals surface area contributed by atoms with E-state index in [9.17, 15) is 9.59 Å². The highest BCUT2D eigenvalue weighted by Crippen LogP contribution is 2.27. The Morgan fingerprint density at radius 1 is 1.13 bits per heavy atom. The van der Waals surface area contributed by atoms with E-state index in [0.29, 0.717) is 11.4 Å². The van der Waals surface area contributed by atoms with Gasteiger partial charge in [0.1, 0.15) is 5.75 Å². The maximum atomic E-state index is 12.5. The number of methoxy groups -OCH3 is 1. The third-order valence-electron chi connectivity index (χ3n) is 3.58. The second kappa shape index (κ2) is 6.39. The Hall–Kier alpha value is -3.02. The molecule has 0 bridgehead atoms. The summed E-state index contributed by atoms with van der Waals surface area (Å²) >= 11 is 0. The second-order valence-corrected chi connectivity index (χ2v) is 5.08. The first kappa shape index (κ1) is 14.9. The van der Waals surface area contributed by atoms with Gasteiger partial charge < -0.3 is 20.1 Å². The van der Waals surface area contributed by atoms with Crippen LogP contribution in [0.5, 0.6) is 5.75 Å². The Labute approximate surface area is 133 Å². The molecule has 0 spiro atoms. The zero-order chi connectivity index (χ0) is 16.2. The number of rotatable bonds is 4. The van der Waals surface area contributed by atoms with Crippen LogP contribution in [0.3, 0.4) is 0 Å². The molecular formula is C17H16N2O4. The normalized spacial score (nSPS) is 19.6. The van der Waals surface area contributed by atoms with E-state index in [0.717, 1.165) is 5.56 Å². The van der Waals surface area contributed by atoms with E-state index in [4.69, 9.17) is 9.47 Å². The van der Waals surface area contributed by atoms with Crippen LogP contribution in [-0.4, -0.2) is 25.2 Å². The molecule has 2 aromatic rings. The van der Waals surface area contributed by atoms with Crippen molar-refractivity contribution in [2.45, 2.75) is 12.1 Å². The predicted octanol–water partition coefficient (Wildman–Crippen LogP) is 2.48. The maximum absolute atomic E-state index is 12.5. The van der Waals surface area contributed by atoms with Gasteiger partial charge in [0.05, 0.1) is 7.11 Å². The van der Waals surface area contributed by atoms with Gasteiger partial charge in [-0.2, -0.15) is 0 Å². The number of amides is 2. The van der Waals surface area contributed by atoms with Crippen LogP contribution < -0.4 is 15.4 Å². The molecule has 2 aromatic carbocycles. The van der Waals surface area contributed by atoms with Gasteiger partial charge in [-0.05, 0) is 29.8 Å². The SMILES string of the molecule is COc1ccc(NC(=O)C2NC(=O)OC2c2ccccc2)cc1. The van der Waals surface area contributed by atoms with Gasteiger partial charge in [-0.3, -0.25) is 4.79 Å². The summed E-state index contributed by atoms with van der Waals surface area (Å²) in [5, 5.41) is 5.31. The minimum absolute atomic E-state index is 0.338. The summed E-state index contributed by atoms with van der Waals surface area (Å²) < 4.78 is 10.3. The van der Waals surface area contributed by atoms with Crippen LogP contribution in [0, 0.1) is 0 Å². The van der Waals surface area contributed by atoms with E-state index in [-0.39, 0.29) is 5.91 Å². The molecule has 2 atom stereocenters. The average molecular weight is 312 g/mol. The van der Waals surface area contributed by atoms with Crippen LogP contribution in [0.25, 0.3) is 0 Å². The molecule has 0 saturated carbocycles. The van der Waals surface area contributed by atoms with Crippen LogP contribution in [0.1, 0.15) is 11.7 Å². The molecule has 2 N–H and O–H groups in total. The van der Waals surface area contributed by atoms with Crippen molar-refractivity contribution in [1.82, 2.24) is 5.32 Å². The molecule has 1 aliphatic heterocycles. The molecule has 1 saturated heterocycles. The Balaban J connectivity index is 1.75. The number of carbonyl (C=O) groups excluding carboxylic acids is 2. The highest BCUT2D eigenvalue weighted by Gasteiger charge is 2.40. The topological polar surface area (TPSA) is 76.7 Å². The molecule has 118 valence electrons. The van der Waals surface area contributed by atoms with Crippen LogP contribution in [0.4, 0.5) is 10.5 Å². The largest absolute Gasteiger partial charge is 0.497 e. The van der Waals surface area contributed by atoms with E-state index in [2.05, 4.69) is 10.6 Å². The van der Waals surface area contributed by atoms with Crippen LogP contribution in [0.2, 0.25) is 0 Å². The number of nitrogens with one attached hydrogen (secondary N) is 2. The number of carbonyl (C=O) groups is 2. The Morgan fingerprint density at radius 3 is 2.48 bits per heavy atom. The third-order valence-corrected chi connectivity index (χ3v) is 3.58. The van der Waals surface area contributed by atoms with Gasteiger partial charge in [-0.25, -0.2) is 4.79 Å². The number of ether oxygens (including phenoxy) is 2. The predicted molar refractivity (Wildman–Crippen MR) is 84.2 cm³/mol. The van der Waals surface area contributed by atoms with Crippen molar-refractivity contribution in [2.75, 3.05) is 12.4 Å². The first-order chi connectivity index (χ1) is 11.2. The van der Waals surface area contributed by atoms with Gasteiger partial charge in [0, 0.05) is 5.69 Å². The van der Waals surface area contributed by atoms with Crippen molar-refractivity contribution < 1.29 is 19.1 Å². The minimum Gasteiger partial charge on any atom is -0.497 e. The number of hydrogen-bond acceptors (Lipinski definition) is 4. The molecule has 1 aliphatic rings. The van der Waals surface area contributed by atoms with Gasteiger partial charge in [0.15, 0.2) is 12.1 Å². The lowest BCUT2D eigenvalue weighted by molar-refractivity contribution is -0.119. The summed E-state index contributed by atoms with van der Waals surface area (Å²) in [4.78, 5) is 24.0. The zero-order valence-corrected chi connectivity index (χ0v) is 12.5. The Morgan fingerprint density at radius 2 is 1.83 bits per heavy atom. The van der Waals surface area contributed by atoms with Crippen molar-refractivity contribution in [3.05, 3.63) is 60.2 Å². The van der Waals surface area contributed by atoms with Crippen LogP contribution >= 0.6 is 0 Å². The molecule has 2 unspecified atom stereocenters. The molecule has 0 aromatic heterocycles. The third kappa shape index (κ3) is 3.26. The van der Waals surface area contributed by atoms with Crippen molar-refractivity contribution in [1.29, 1.82) is 0 Å². The lowest BCUT2D eigenvalue weighted by Crippen LogP contribution is -2.40. The zero-order valence-electron chi connectivity index (χ0n) is 12.5. The van der Waals surface area contributed by atoms with Gasteiger partial charge >= 0.3 is 6.09 Å². The minimum atomic E-state index is -0.785. The van der Waals surface area contributed by atoms with Crippen molar-refractivity contribution in [3.63, 3.8) is 0 Å². The average Bonchev–Trinajstić information content (AvgIpc) is 2.98. The highest BCUT2D eigenvalue weighted by molar-refractivity contribution is 5.98. The fourth-order valence-electron chi connectivity index (χ4n) is 2.42. The van der Waals surface area contributed by atoms with Gasteiger partial charge in [0.2, 0.25) is 0 Å².